The molecule has 1 spiro atoms. The summed E-state index contributed by atoms with van der Waals surface area (Å²) < 4.78 is 23.1. The van der Waals surface area contributed by atoms with Crippen LogP contribution in [0.1, 0.15) is 67.6 Å². The lowest BCUT2D eigenvalue weighted by atomic mass is 9.68. The molecule has 0 unspecified atom stereocenters. The fraction of sp³-hybridized carbons (Fsp3) is 0.621. The number of alkyl halides is 1. The van der Waals surface area contributed by atoms with Gasteiger partial charge in [0.1, 0.15) is 12.4 Å². The number of fused-ring (bicyclic) bond motifs is 3. The van der Waals surface area contributed by atoms with Crippen LogP contribution in [-0.2, 0) is 18.3 Å². The number of ether oxygens (including phenoxy) is 1. The Morgan fingerprint density at radius 2 is 2.08 bits per heavy atom. The first-order valence-electron chi connectivity index (χ1n) is 14.1. The van der Waals surface area contributed by atoms with E-state index in [4.69, 9.17) is 26.3 Å². The number of nitrogens with one attached hydrogen (secondary N) is 1. The standard InChI is InChI=1S/C29H36ClFN6O/c1-2-36-15-4-5-20(36)18-38-28-34-25-22(27(35-28)37-16-14-33-19(17-37)10-13-32)9-12-29(26(25)31)11-8-21-23(29)6-3-7-24(21)30/h3,6-7,19-20,26,33H,2,4-5,8-12,14-18H2,1H3/t19-,20-,26-,29+/m0/s1. The first-order valence-corrected chi connectivity index (χ1v) is 14.5. The molecule has 2 aliphatic carbocycles. The number of benzene rings is 1. The molecule has 0 amide bonds. The van der Waals surface area contributed by atoms with E-state index in [2.05, 4.69) is 28.1 Å². The largest absolute Gasteiger partial charge is 0.462 e. The normalized spacial score (nSPS) is 28.8. The zero-order valence-electron chi connectivity index (χ0n) is 22.1. The van der Waals surface area contributed by atoms with Gasteiger partial charge in [-0.1, -0.05) is 30.7 Å². The van der Waals surface area contributed by atoms with Gasteiger partial charge in [-0.05, 0) is 68.8 Å². The van der Waals surface area contributed by atoms with Crippen molar-refractivity contribution in [1.82, 2.24) is 20.2 Å². The lowest BCUT2D eigenvalue weighted by Crippen LogP contribution is -2.51. The molecule has 2 fully saturated rings. The molecule has 0 saturated carbocycles. The first-order chi connectivity index (χ1) is 18.5. The molecule has 4 aliphatic rings. The van der Waals surface area contributed by atoms with E-state index in [1.807, 2.05) is 18.2 Å². The fourth-order valence-electron chi connectivity index (χ4n) is 7.20. The SMILES string of the molecule is CCN1CCC[C@H]1COc1nc2c(c(N3CCN[C@@H](CC#N)C3)n1)CC[C@@]1(CCc3c(Cl)cccc31)[C@H]2F. The van der Waals surface area contributed by atoms with Gasteiger partial charge in [-0.2, -0.15) is 15.2 Å². The Labute approximate surface area is 229 Å². The van der Waals surface area contributed by atoms with Crippen LogP contribution in [0.5, 0.6) is 6.01 Å². The van der Waals surface area contributed by atoms with Crippen molar-refractivity contribution in [2.45, 2.75) is 75.5 Å². The van der Waals surface area contributed by atoms with Crippen molar-refractivity contribution in [3.63, 3.8) is 0 Å². The van der Waals surface area contributed by atoms with Crippen LogP contribution in [0.4, 0.5) is 10.2 Å². The van der Waals surface area contributed by atoms with Gasteiger partial charge in [-0.25, -0.2) is 4.39 Å². The zero-order chi connectivity index (χ0) is 26.3. The van der Waals surface area contributed by atoms with Crippen molar-refractivity contribution in [2.24, 2.45) is 0 Å². The van der Waals surface area contributed by atoms with Crippen LogP contribution in [0.15, 0.2) is 18.2 Å². The van der Waals surface area contributed by atoms with E-state index in [9.17, 15) is 5.26 Å². The Morgan fingerprint density at radius 1 is 1.24 bits per heavy atom. The first kappa shape index (κ1) is 25.8. The number of hydrogen-bond acceptors (Lipinski definition) is 7. The fourth-order valence-corrected chi connectivity index (χ4v) is 7.47. The molecule has 3 heterocycles. The maximum absolute atomic E-state index is 16.9. The summed E-state index contributed by atoms with van der Waals surface area (Å²) in [5, 5.41) is 13.4. The number of likely N-dealkylation sites (N-methyl/N-ethyl adjacent to an activating group) is 1. The minimum Gasteiger partial charge on any atom is -0.462 e. The topological polar surface area (TPSA) is 77.3 Å². The molecular weight excluding hydrogens is 503 g/mol. The summed E-state index contributed by atoms with van der Waals surface area (Å²) in [7, 11) is 0. The molecule has 4 atom stereocenters. The predicted octanol–water partition coefficient (Wildman–Crippen LogP) is 4.53. The molecule has 202 valence electrons. The Bertz CT molecular complexity index is 1240. The van der Waals surface area contributed by atoms with Crippen LogP contribution in [0, 0.1) is 11.3 Å². The van der Waals surface area contributed by atoms with Crippen molar-refractivity contribution in [3.8, 4) is 12.1 Å². The van der Waals surface area contributed by atoms with Gasteiger partial charge < -0.3 is 15.0 Å². The lowest BCUT2D eigenvalue weighted by Gasteiger charge is -2.41. The quantitative estimate of drug-likeness (QED) is 0.579. The second-order valence-corrected chi connectivity index (χ2v) is 11.6. The zero-order valence-corrected chi connectivity index (χ0v) is 22.8. The average Bonchev–Trinajstić information content (AvgIpc) is 3.55. The van der Waals surface area contributed by atoms with Crippen molar-refractivity contribution in [2.75, 3.05) is 44.2 Å². The van der Waals surface area contributed by atoms with E-state index in [0.29, 0.717) is 44.1 Å². The number of piperazine rings is 1. The molecule has 6 rings (SSSR count). The number of nitriles is 1. The van der Waals surface area contributed by atoms with Crippen LogP contribution >= 0.6 is 11.6 Å². The second kappa shape index (κ2) is 10.6. The van der Waals surface area contributed by atoms with Crippen LogP contribution in [0.3, 0.4) is 0 Å². The van der Waals surface area contributed by atoms with E-state index in [1.54, 1.807) is 0 Å². The second-order valence-electron chi connectivity index (χ2n) is 11.2. The third-order valence-electron chi connectivity index (χ3n) is 9.22. The van der Waals surface area contributed by atoms with Crippen LogP contribution in [-0.4, -0.2) is 66.3 Å². The summed E-state index contributed by atoms with van der Waals surface area (Å²) in [5.41, 5.74) is 2.85. The maximum atomic E-state index is 16.9. The smallest absolute Gasteiger partial charge is 0.318 e. The summed E-state index contributed by atoms with van der Waals surface area (Å²) >= 11 is 6.53. The number of rotatable bonds is 6. The van der Waals surface area contributed by atoms with Crippen molar-refractivity contribution >= 4 is 17.4 Å². The van der Waals surface area contributed by atoms with Gasteiger partial charge >= 0.3 is 6.01 Å². The highest BCUT2D eigenvalue weighted by Gasteiger charge is 2.51. The number of halogens is 2. The van der Waals surface area contributed by atoms with Gasteiger partial charge in [0, 0.05) is 47.7 Å². The molecule has 38 heavy (non-hydrogen) atoms. The number of aromatic nitrogens is 2. The molecule has 1 aromatic carbocycles. The molecule has 1 aromatic heterocycles. The summed E-state index contributed by atoms with van der Waals surface area (Å²) in [6.45, 7) is 6.91. The van der Waals surface area contributed by atoms with Crippen molar-refractivity contribution < 1.29 is 9.13 Å². The third-order valence-corrected chi connectivity index (χ3v) is 9.58. The average molecular weight is 539 g/mol. The molecule has 2 aliphatic heterocycles. The molecular formula is C29H36ClFN6O. The molecule has 0 radical (unpaired) electrons. The van der Waals surface area contributed by atoms with Crippen LogP contribution in [0.25, 0.3) is 0 Å². The highest BCUT2D eigenvalue weighted by molar-refractivity contribution is 6.31. The van der Waals surface area contributed by atoms with Gasteiger partial charge in [0.15, 0.2) is 6.17 Å². The molecule has 0 bridgehead atoms. The summed E-state index contributed by atoms with van der Waals surface area (Å²) in [5.74, 6) is 0.773. The van der Waals surface area contributed by atoms with Gasteiger partial charge in [-0.15, -0.1) is 0 Å². The van der Waals surface area contributed by atoms with Crippen molar-refractivity contribution in [1.29, 1.82) is 5.26 Å². The number of likely N-dealkylation sites (tertiary alicyclic amines) is 1. The Hall–Kier alpha value is -2.47. The molecule has 7 nitrogen and oxygen atoms in total. The monoisotopic (exact) mass is 538 g/mol. The van der Waals surface area contributed by atoms with Gasteiger partial charge in [-0.3, -0.25) is 4.90 Å². The summed E-state index contributed by atoms with van der Waals surface area (Å²) in [6.07, 6.45) is 4.34. The number of hydrogen-bond donors (Lipinski definition) is 1. The van der Waals surface area contributed by atoms with Crippen molar-refractivity contribution in [3.05, 3.63) is 45.6 Å². The van der Waals surface area contributed by atoms with E-state index >= 15 is 4.39 Å². The summed E-state index contributed by atoms with van der Waals surface area (Å²) in [6, 6.07) is 8.82. The van der Waals surface area contributed by atoms with Crippen LogP contribution < -0.4 is 15.0 Å². The predicted molar refractivity (Wildman–Crippen MR) is 146 cm³/mol. The van der Waals surface area contributed by atoms with Gasteiger partial charge in [0.05, 0.1) is 18.2 Å². The molecule has 2 saturated heterocycles. The Kier molecular flexibility index (Phi) is 7.19. The Balaban J connectivity index is 1.37. The van der Waals surface area contributed by atoms with E-state index in [0.717, 1.165) is 79.4 Å². The van der Waals surface area contributed by atoms with E-state index < -0.39 is 11.6 Å². The minimum absolute atomic E-state index is 0.0558. The molecule has 2 aromatic rings. The lowest BCUT2D eigenvalue weighted by molar-refractivity contribution is 0.148. The van der Waals surface area contributed by atoms with Gasteiger partial charge in [0.25, 0.3) is 0 Å². The molecule has 1 N–H and O–H groups in total. The van der Waals surface area contributed by atoms with E-state index in [-0.39, 0.29) is 12.1 Å². The molecule has 9 heteroatoms. The number of nitrogens with zero attached hydrogens (tertiary/aromatic N) is 5. The van der Waals surface area contributed by atoms with Crippen LogP contribution in [0.2, 0.25) is 5.02 Å². The third kappa shape index (κ3) is 4.43. The highest BCUT2D eigenvalue weighted by atomic mass is 35.5. The highest BCUT2D eigenvalue weighted by Crippen LogP contribution is 2.56. The maximum Gasteiger partial charge on any atom is 0.318 e. The summed E-state index contributed by atoms with van der Waals surface area (Å²) in [4.78, 5) is 14.3. The minimum atomic E-state index is -1.26. The number of anilines is 1. The van der Waals surface area contributed by atoms with Gasteiger partial charge in [0.2, 0.25) is 0 Å². The Morgan fingerprint density at radius 3 is 2.89 bits per heavy atom. The van der Waals surface area contributed by atoms with E-state index in [1.165, 1.54) is 0 Å².